The zero-order valence-corrected chi connectivity index (χ0v) is 14.2. The van der Waals surface area contributed by atoms with Crippen LogP contribution in [0, 0.1) is 0 Å². The molecule has 1 fully saturated rings. The zero-order valence-electron chi connectivity index (χ0n) is 14.2. The van der Waals surface area contributed by atoms with Gasteiger partial charge in [0.2, 0.25) is 0 Å². The van der Waals surface area contributed by atoms with Gasteiger partial charge in [0.05, 0.1) is 19.0 Å². The summed E-state index contributed by atoms with van der Waals surface area (Å²) >= 11 is 0. The Hall–Kier alpha value is -1.81. The minimum Gasteiger partial charge on any atom is -0.394 e. The third-order valence-corrected chi connectivity index (χ3v) is 4.48. The quantitative estimate of drug-likeness (QED) is 0.478. The van der Waals surface area contributed by atoms with Gasteiger partial charge in [-0.15, -0.1) is 0 Å². The van der Waals surface area contributed by atoms with Crippen molar-refractivity contribution in [2.45, 2.75) is 50.5 Å². The summed E-state index contributed by atoms with van der Waals surface area (Å²) in [5.74, 6) is 0.694. The van der Waals surface area contributed by atoms with Crippen molar-refractivity contribution in [3.63, 3.8) is 0 Å². The van der Waals surface area contributed by atoms with Crippen LogP contribution in [0.25, 0.3) is 11.2 Å². The van der Waals surface area contributed by atoms with Crippen LogP contribution in [0.5, 0.6) is 0 Å². The van der Waals surface area contributed by atoms with Gasteiger partial charge in [0.1, 0.15) is 18.7 Å². The molecule has 5 N–H and O–H groups in total. The smallest absolute Gasteiger partial charge is 0.167 e. The lowest BCUT2D eigenvalue weighted by Gasteiger charge is -2.13. The number of nitrogens with one attached hydrogen (secondary N) is 1. The summed E-state index contributed by atoms with van der Waals surface area (Å²) in [6.45, 7) is 1.34. The van der Waals surface area contributed by atoms with Crippen LogP contribution in [0.1, 0.15) is 38.3 Å². The number of nitrogens with two attached hydrogens (primary N) is 1. The summed E-state index contributed by atoms with van der Waals surface area (Å²) in [6, 6.07) is 0. The van der Waals surface area contributed by atoms with Crippen molar-refractivity contribution >= 4 is 17.0 Å². The Balaban J connectivity index is 1.66. The molecule has 0 saturated carbocycles. The van der Waals surface area contributed by atoms with E-state index in [2.05, 4.69) is 20.3 Å². The van der Waals surface area contributed by atoms with Crippen molar-refractivity contribution in [3.05, 3.63) is 12.7 Å². The fraction of sp³-hybridized carbons (Fsp3) is 0.688. The molecule has 9 nitrogen and oxygen atoms in total. The average Bonchev–Trinajstić information content (AvgIpc) is 3.21. The normalized spacial score (nSPS) is 23.4. The third-order valence-electron chi connectivity index (χ3n) is 4.48. The molecule has 0 bridgehead atoms. The number of aliphatic hydroxyl groups excluding tert-OH is 2. The number of fused-ring (bicyclic) bond motifs is 1. The third kappa shape index (κ3) is 4.06. The van der Waals surface area contributed by atoms with E-state index in [0.29, 0.717) is 23.4 Å². The molecule has 0 unspecified atom stereocenters. The number of aliphatic hydroxyl groups is 2. The van der Waals surface area contributed by atoms with E-state index < -0.39 is 18.4 Å². The topological polar surface area (TPSA) is 131 Å². The van der Waals surface area contributed by atoms with Gasteiger partial charge >= 0.3 is 0 Å². The number of imidazole rings is 1. The molecule has 2 aromatic heterocycles. The van der Waals surface area contributed by atoms with Gasteiger partial charge in [-0.1, -0.05) is 12.8 Å². The summed E-state index contributed by atoms with van der Waals surface area (Å²) < 4.78 is 7.46. The fourth-order valence-corrected chi connectivity index (χ4v) is 3.07. The number of ether oxygens (including phenoxy) is 1. The molecule has 0 radical (unpaired) electrons. The Morgan fingerprint density at radius 2 is 2.08 bits per heavy atom. The van der Waals surface area contributed by atoms with Crippen molar-refractivity contribution in [2.75, 3.05) is 25.0 Å². The van der Waals surface area contributed by atoms with Gasteiger partial charge in [0.15, 0.2) is 17.0 Å². The van der Waals surface area contributed by atoms with Gasteiger partial charge in [-0.25, -0.2) is 15.0 Å². The van der Waals surface area contributed by atoms with Gasteiger partial charge < -0.3 is 26.0 Å². The second-order valence-corrected chi connectivity index (χ2v) is 6.29. The Morgan fingerprint density at radius 1 is 1.24 bits per heavy atom. The molecule has 1 aliphatic heterocycles. The maximum absolute atomic E-state index is 9.92. The van der Waals surface area contributed by atoms with E-state index in [9.17, 15) is 10.2 Å². The van der Waals surface area contributed by atoms with Gasteiger partial charge in [0.25, 0.3) is 0 Å². The highest BCUT2D eigenvalue weighted by atomic mass is 16.5. The van der Waals surface area contributed by atoms with Crippen molar-refractivity contribution in [3.8, 4) is 0 Å². The number of hydrogen-bond donors (Lipinski definition) is 4. The molecular weight excluding hydrogens is 324 g/mol. The van der Waals surface area contributed by atoms with E-state index in [-0.39, 0.29) is 6.61 Å². The number of nitrogens with zero attached hydrogens (tertiary/aromatic N) is 4. The summed E-state index contributed by atoms with van der Waals surface area (Å²) in [6.07, 6.45) is 6.24. The molecule has 2 aromatic rings. The van der Waals surface area contributed by atoms with Crippen LogP contribution in [-0.4, -0.2) is 61.6 Å². The first-order valence-corrected chi connectivity index (χ1v) is 8.80. The highest BCUT2D eigenvalue weighted by molar-refractivity contribution is 5.82. The molecule has 0 aromatic carbocycles. The summed E-state index contributed by atoms with van der Waals surface area (Å²) in [7, 11) is 0. The monoisotopic (exact) mass is 350 g/mol. The predicted octanol–water partition coefficient (Wildman–Crippen LogP) is 0.398. The number of rotatable bonds is 9. The van der Waals surface area contributed by atoms with E-state index in [1.807, 2.05) is 0 Å². The van der Waals surface area contributed by atoms with Crippen LogP contribution in [0.15, 0.2) is 12.7 Å². The Bertz CT molecular complexity index is 679. The first-order valence-electron chi connectivity index (χ1n) is 8.80. The van der Waals surface area contributed by atoms with Crippen molar-refractivity contribution in [2.24, 2.45) is 5.73 Å². The first-order chi connectivity index (χ1) is 12.2. The number of anilines is 1. The predicted molar refractivity (Wildman–Crippen MR) is 93.0 cm³/mol. The van der Waals surface area contributed by atoms with Crippen LogP contribution < -0.4 is 11.1 Å². The van der Waals surface area contributed by atoms with Crippen LogP contribution >= 0.6 is 0 Å². The molecule has 3 heterocycles. The van der Waals surface area contributed by atoms with Crippen molar-refractivity contribution in [1.82, 2.24) is 19.5 Å². The highest BCUT2D eigenvalue weighted by Crippen LogP contribution is 2.31. The Kier molecular flexibility index (Phi) is 6.14. The maximum atomic E-state index is 9.92. The van der Waals surface area contributed by atoms with Crippen molar-refractivity contribution < 1.29 is 14.9 Å². The van der Waals surface area contributed by atoms with Crippen LogP contribution in [0.3, 0.4) is 0 Å². The summed E-state index contributed by atoms with van der Waals surface area (Å²) in [5.41, 5.74) is 6.82. The fourth-order valence-electron chi connectivity index (χ4n) is 3.07. The lowest BCUT2D eigenvalue weighted by Crippen LogP contribution is -2.24. The summed E-state index contributed by atoms with van der Waals surface area (Å²) in [5, 5.41) is 22.5. The van der Waals surface area contributed by atoms with Crippen molar-refractivity contribution in [1.29, 1.82) is 0 Å². The maximum Gasteiger partial charge on any atom is 0.167 e. The van der Waals surface area contributed by atoms with E-state index in [0.717, 1.165) is 38.8 Å². The molecular formula is C16H26N6O3. The molecule has 0 spiro atoms. The minimum atomic E-state index is -0.694. The molecule has 1 aliphatic rings. The van der Waals surface area contributed by atoms with Gasteiger partial charge in [-0.3, -0.25) is 4.57 Å². The molecule has 3 rings (SSSR count). The largest absolute Gasteiger partial charge is 0.394 e. The van der Waals surface area contributed by atoms with Gasteiger partial charge in [0, 0.05) is 13.0 Å². The van der Waals surface area contributed by atoms with Crippen LogP contribution in [-0.2, 0) is 4.74 Å². The second kappa shape index (κ2) is 8.52. The van der Waals surface area contributed by atoms with E-state index in [4.69, 9.17) is 10.5 Å². The number of unbranched alkanes of at least 4 members (excludes halogenated alkanes) is 3. The Labute approximate surface area is 146 Å². The van der Waals surface area contributed by atoms with Gasteiger partial charge in [-0.05, 0) is 19.4 Å². The number of hydrogen-bond acceptors (Lipinski definition) is 8. The summed E-state index contributed by atoms with van der Waals surface area (Å²) in [4.78, 5) is 13.0. The zero-order chi connectivity index (χ0) is 17.6. The molecule has 9 heteroatoms. The lowest BCUT2D eigenvalue weighted by atomic mass is 10.2. The molecule has 3 atom stereocenters. The molecule has 1 saturated heterocycles. The van der Waals surface area contributed by atoms with E-state index in [1.165, 1.54) is 6.33 Å². The molecule has 0 amide bonds. The van der Waals surface area contributed by atoms with Crippen LogP contribution in [0.4, 0.5) is 5.82 Å². The highest BCUT2D eigenvalue weighted by Gasteiger charge is 2.35. The first kappa shape index (κ1) is 18.0. The Morgan fingerprint density at radius 3 is 2.84 bits per heavy atom. The lowest BCUT2D eigenvalue weighted by molar-refractivity contribution is -0.0432. The minimum absolute atomic E-state index is 0.212. The van der Waals surface area contributed by atoms with Crippen LogP contribution in [0.2, 0.25) is 0 Å². The standard InChI is InChI=1S/C16H26N6O3/c17-5-3-1-2-4-6-18-15-14-16(20-9-19-15)22(10-21-14)13-7-11(24)12(8-23)25-13/h9-13,23-24H,1-8,17H2,(H,18,19,20)/t11-,12-,13-/m1/s1. The van der Waals surface area contributed by atoms with E-state index >= 15 is 0 Å². The molecule has 138 valence electrons. The number of aromatic nitrogens is 4. The van der Waals surface area contributed by atoms with Gasteiger partial charge in [-0.2, -0.15) is 0 Å². The average molecular weight is 350 g/mol. The second-order valence-electron chi connectivity index (χ2n) is 6.29. The van der Waals surface area contributed by atoms with E-state index in [1.54, 1.807) is 10.9 Å². The molecule has 0 aliphatic carbocycles. The SMILES string of the molecule is NCCCCCCNc1ncnc2c1ncn2[C@H]1C[C@@H](O)[C@@H](CO)O1. The molecule has 25 heavy (non-hydrogen) atoms.